The third-order valence-corrected chi connectivity index (χ3v) is 8.03. The van der Waals surface area contributed by atoms with E-state index in [1.54, 1.807) is 6.20 Å². The van der Waals surface area contributed by atoms with E-state index in [2.05, 4.69) is 15.2 Å². The molecule has 2 aliphatic heterocycles. The Morgan fingerprint density at radius 2 is 1.75 bits per heavy atom. The number of benzene rings is 1. The number of carbonyl (C=O) groups excluding carboxylic acids is 1. The van der Waals surface area contributed by atoms with Crippen LogP contribution in [0.5, 0.6) is 0 Å². The molecule has 2 atom stereocenters. The Kier molecular flexibility index (Phi) is 9.36. The molecule has 32 heavy (non-hydrogen) atoms. The molecule has 176 valence electrons. The summed E-state index contributed by atoms with van der Waals surface area (Å²) < 4.78 is 0. The molecular formula is C26H37Cl2N3O. The highest BCUT2D eigenvalue weighted by molar-refractivity contribution is 6.07. The summed E-state index contributed by atoms with van der Waals surface area (Å²) in [5.41, 5.74) is 1.78. The van der Waals surface area contributed by atoms with Crippen LogP contribution in [0.25, 0.3) is 10.9 Å². The van der Waals surface area contributed by atoms with Crippen LogP contribution in [0.3, 0.4) is 0 Å². The lowest BCUT2D eigenvalue weighted by atomic mass is 9.78. The quantitative estimate of drug-likeness (QED) is 0.566. The van der Waals surface area contributed by atoms with Crippen molar-refractivity contribution < 1.29 is 4.79 Å². The molecule has 1 saturated carbocycles. The highest BCUT2D eigenvalue weighted by atomic mass is 35.5. The van der Waals surface area contributed by atoms with Crippen molar-refractivity contribution in [3.63, 3.8) is 0 Å². The number of Topliss-reactive ketones (excluding diaryl/α,β-unsaturated/α-hetero) is 1. The van der Waals surface area contributed by atoms with Gasteiger partial charge in [0.15, 0.2) is 5.78 Å². The number of piperidine rings is 1. The minimum absolute atomic E-state index is 0. The van der Waals surface area contributed by atoms with Gasteiger partial charge in [-0.05, 0) is 87.7 Å². The molecule has 0 amide bonds. The molecular weight excluding hydrogens is 441 g/mol. The molecule has 1 aromatic carbocycles. The SMILES string of the molecule is Cl.Cl.O=C(CC1CCC(CCN2CC[C@H]3CNC[C@@H]3C2)CC1)c1cccc2ncccc12. The molecule has 5 rings (SSSR count). The van der Waals surface area contributed by atoms with Crippen LogP contribution in [0, 0.1) is 23.7 Å². The van der Waals surface area contributed by atoms with Gasteiger partial charge in [0, 0.05) is 30.1 Å². The first kappa shape index (κ1) is 25.4. The molecule has 3 fully saturated rings. The fraction of sp³-hybridized carbons (Fsp3) is 0.615. The van der Waals surface area contributed by atoms with E-state index in [-0.39, 0.29) is 24.8 Å². The van der Waals surface area contributed by atoms with Crippen molar-refractivity contribution in [2.45, 2.75) is 44.9 Å². The zero-order valence-corrected chi connectivity index (χ0v) is 20.5. The molecule has 1 N–H and O–H groups in total. The first-order valence-corrected chi connectivity index (χ1v) is 12.1. The van der Waals surface area contributed by atoms with Gasteiger partial charge in [-0.25, -0.2) is 0 Å². The van der Waals surface area contributed by atoms with Crippen molar-refractivity contribution in [3.05, 3.63) is 42.1 Å². The molecule has 2 saturated heterocycles. The van der Waals surface area contributed by atoms with Gasteiger partial charge in [0.2, 0.25) is 0 Å². The zero-order chi connectivity index (χ0) is 20.3. The number of rotatable bonds is 6. The van der Waals surface area contributed by atoms with Crippen molar-refractivity contribution in [3.8, 4) is 0 Å². The highest BCUT2D eigenvalue weighted by Gasteiger charge is 2.33. The summed E-state index contributed by atoms with van der Waals surface area (Å²) in [5.74, 6) is 3.54. The molecule has 6 heteroatoms. The van der Waals surface area contributed by atoms with E-state index in [9.17, 15) is 4.79 Å². The predicted molar refractivity (Wildman–Crippen MR) is 136 cm³/mol. The Hall–Kier alpha value is -1.20. The van der Waals surface area contributed by atoms with E-state index < -0.39 is 0 Å². The Balaban J connectivity index is 0.00000144. The average molecular weight is 479 g/mol. The number of nitrogens with zero attached hydrogens (tertiary/aromatic N) is 2. The van der Waals surface area contributed by atoms with Gasteiger partial charge in [0.25, 0.3) is 0 Å². The second-order valence-electron chi connectivity index (χ2n) is 9.95. The summed E-state index contributed by atoms with van der Waals surface area (Å²) >= 11 is 0. The van der Waals surface area contributed by atoms with Crippen molar-refractivity contribution >= 4 is 41.5 Å². The second kappa shape index (κ2) is 11.8. The van der Waals surface area contributed by atoms with E-state index in [4.69, 9.17) is 0 Å². The van der Waals surface area contributed by atoms with Gasteiger partial charge in [-0.2, -0.15) is 0 Å². The number of hydrogen-bond donors (Lipinski definition) is 1. The van der Waals surface area contributed by atoms with Crippen LogP contribution in [0.1, 0.15) is 55.3 Å². The molecule has 4 nitrogen and oxygen atoms in total. The molecule has 1 aromatic heterocycles. The maximum atomic E-state index is 13.0. The number of hydrogen-bond acceptors (Lipinski definition) is 4. The van der Waals surface area contributed by atoms with Crippen LogP contribution in [-0.2, 0) is 0 Å². The molecule has 0 unspecified atom stereocenters. The zero-order valence-electron chi connectivity index (χ0n) is 18.9. The molecule has 1 aliphatic carbocycles. The topological polar surface area (TPSA) is 45.2 Å². The minimum Gasteiger partial charge on any atom is -0.316 e. The number of carbonyl (C=O) groups is 1. The fourth-order valence-electron chi connectivity index (χ4n) is 6.12. The Bertz CT molecular complexity index is 879. The lowest BCUT2D eigenvalue weighted by Crippen LogP contribution is -2.40. The van der Waals surface area contributed by atoms with E-state index in [0.717, 1.165) is 34.2 Å². The summed E-state index contributed by atoms with van der Waals surface area (Å²) in [7, 11) is 0. The average Bonchev–Trinajstić information content (AvgIpc) is 3.26. The minimum atomic E-state index is 0. The third-order valence-electron chi connectivity index (χ3n) is 8.03. The molecule has 0 radical (unpaired) electrons. The Morgan fingerprint density at radius 3 is 2.59 bits per heavy atom. The summed E-state index contributed by atoms with van der Waals surface area (Å²) in [6, 6.07) is 9.88. The number of halogens is 2. The maximum absolute atomic E-state index is 13.0. The van der Waals surface area contributed by atoms with Crippen LogP contribution >= 0.6 is 24.8 Å². The lowest BCUT2D eigenvalue weighted by molar-refractivity contribution is 0.0938. The van der Waals surface area contributed by atoms with E-state index in [1.807, 2.05) is 30.3 Å². The summed E-state index contributed by atoms with van der Waals surface area (Å²) in [5, 5.41) is 4.57. The standard InChI is InChI=1S/C26H35N3O.2ClH/c30-26(24-3-1-5-25-23(24)4-2-12-28-25)15-20-8-6-19(7-9-20)10-13-29-14-11-21-16-27-17-22(21)18-29;;/h1-5,12,19-22,27H,6-11,13-18H2;2*1H/t19?,20?,21-,22+;;/m0../s1. The third kappa shape index (κ3) is 5.83. The predicted octanol–water partition coefficient (Wildman–Crippen LogP) is 5.39. The van der Waals surface area contributed by atoms with Gasteiger partial charge in [0.05, 0.1) is 5.52 Å². The van der Waals surface area contributed by atoms with Crippen molar-refractivity contribution in [1.82, 2.24) is 15.2 Å². The number of aromatic nitrogens is 1. The normalized spacial score (nSPS) is 27.9. The van der Waals surface area contributed by atoms with Gasteiger partial charge in [-0.1, -0.05) is 31.0 Å². The van der Waals surface area contributed by atoms with Gasteiger partial charge in [-0.15, -0.1) is 24.8 Å². The summed E-state index contributed by atoms with van der Waals surface area (Å²) in [6.07, 6.45) is 10.3. The van der Waals surface area contributed by atoms with Crippen LogP contribution in [0.4, 0.5) is 0 Å². The first-order chi connectivity index (χ1) is 14.8. The highest BCUT2D eigenvalue weighted by Crippen LogP contribution is 2.34. The van der Waals surface area contributed by atoms with Gasteiger partial charge < -0.3 is 10.2 Å². The number of likely N-dealkylation sites (tertiary alicyclic amines) is 1. The second-order valence-corrected chi connectivity index (χ2v) is 9.95. The Morgan fingerprint density at radius 1 is 0.969 bits per heavy atom. The van der Waals surface area contributed by atoms with Crippen LogP contribution in [-0.4, -0.2) is 48.4 Å². The van der Waals surface area contributed by atoms with Crippen LogP contribution in [0.15, 0.2) is 36.5 Å². The van der Waals surface area contributed by atoms with Gasteiger partial charge >= 0.3 is 0 Å². The monoisotopic (exact) mass is 477 g/mol. The molecule has 0 bridgehead atoms. The smallest absolute Gasteiger partial charge is 0.163 e. The summed E-state index contributed by atoms with van der Waals surface area (Å²) in [4.78, 5) is 20.1. The van der Waals surface area contributed by atoms with E-state index >= 15 is 0 Å². The maximum Gasteiger partial charge on any atom is 0.163 e. The summed E-state index contributed by atoms with van der Waals surface area (Å²) in [6.45, 7) is 6.36. The molecule has 3 heterocycles. The number of nitrogens with one attached hydrogen (secondary N) is 1. The van der Waals surface area contributed by atoms with Crippen molar-refractivity contribution in [2.75, 3.05) is 32.7 Å². The number of fused-ring (bicyclic) bond motifs is 2. The van der Waals surface area contributed by atoms with E-state index in [0.29, 0.717) is 18.1 Å². The molecule has 2 aromatic rings. The largest absolute Gasteiger partial charge is 0.316 e. The van der Waals surface area contributed by atoms with Crippen molar-refractivity contribution in [1.29, 1.82) is 0 Å². The van der Waals surface area contributed by atoms with E-state index in [1.165, 1.54) is 71.2 Å². The number of ketones is 1. The van der Waals surface area contributed by atoms with Crippen LogP contribution < -0.4 is 5.32 Å². The first-order valence-electron chi connectivity index (χ1n) is 12.1. The molecule has 3 aliphatic rings. The van der Waals surface area contributed by atoms with Gasteiger partial charge in [-0.3, -0.25) is 9.78 Å². The van der Waals surface area contributed by atoms with Crippen molar-refractivity contribution in [2.24, 2.45) is 23.7 Å². The van der Waals surface area contributed by atoms with Gasteiger partial charge in [0.1, 0.15) is 0 Å². The fourth-order valence-corrected chi connectivity index (χ4v) is 6.12. The lowest BCUT2D eigenvalue weighted by Gasteiger charge is -2.36. The van der Waals surface area contributed by atoms with Crippen LogP contribution in [0.2, 0.25) is 0 Å². The number of pyridine rings is 1. The Labute approximate surface area is 204 Å². The molecule has 0 spiro atoms.